The fourth-order valence-electron chi connectivity index (χ4n) is 1.61. The maximum atomic E-state index is 6.15. The Morgan fingerprint density at radius 2 is 2.19 bits per heavy atom. The van der Waals surface area contributed by atoms with Crippen LogP contribution in [0.4, 0.5) is 0 Å². The van der Waals surface area contributed by atoms with Crippen LogP contribution in [0.2, 0.25) is 5.02 Å². The van der Waals surface area contributed by atoms with E-state index in [1.165, 1.54) is 0 Å². The molecule has 0 radical (unpaired) electrons. The minimum absolute atomic E-state index is 0.491. The van der Waals surface area contributed by atoms with E-state index in [-0.39, 0.29) is 0 Å². The number of tetrazole rings is 1. The van der Waals surface area contributed by atoms with Gasteiger partial charge in [-0.25, -0.2) is 0 Å². The molecule has 0 atom stereocenters. The van der Waals surface area contributed by atoms with E-state index in [4.69, 9.17) is 11.6 Å². The number of aromatic nitrogens is 4. The summed E-state index contributed by atoms with van der Waals surface area (Å²) in [6.07, 6.45) is 2.32. The van der Waals surface area contributed by atoms with Gasteiger partial charge >= 0.3 is 0 Å². The third-order valence-corrected chi connectivity index (χ3v) is 3.39. The topological polar surface area (TPSA) is 43.6 Å². The first-order valence-electron chi connectivity index (χ1n) is 4.99. The summed E-state index contributed by atoms with van der Waals surface area (Å²) >= 11 is 9.57. The van der Waals surface area contributed by atoms with Crippen LogP contribution >= 0.6 is 27.5 Å². The van der Waals surface area contributed by atoms with Gasteiger partial charge in [0.15, 0.2) is 5.82 Å². The highest BCUT2D eigenvalue weighted by Crippen LogP contribution is 2.39. The van der Waals surface area contributed by atoms with Gasteiger partial charge in [0, 0.05) is 10.4 Å². The molecular weight excluding hydrogens is 291 g/mol. The lowest BCUT2D eigenvalue weighted by molar-refractivity contribution is 0.763. The average Bonchev–Trinajstić information content (AvgIpc) is 3.01. The third kappa shape index (κ3) is 1.74. The normalized spacial score (nSPS) is 15.4. The first kappa shape index (κ1) is 10.2. The van der Waals surface area contributed by atoms with Crippen LogP contribution in [0.3, 0.4) is 0 Å². The van der Waals surface area contributed by atoms with Gasteiger partial charge in [-0.3, -0.25) is 0 Å². The van der Waals surface area contributed by atoms with Gasteiger partial charge in [0.1, 0.15) is 0 Å². The summed E-state index contributed by atoms with van der Waals surface area (Å²) in [7, 11) is 0. The van der Waals surface area contributed by atoms with Crippen molar-refractivity contribution < 1.29 is 0 Å². The molecule has 0 unspecified atom stereocenters. The lowest BCUT2D eigenvalue weighted by Gasteiger charge is -2.06. The van der Waals surface area contributed by atoms with Crippen molar-refractivity contribution >= 4 is 27.5 Å². The Morgan fingerprint density at radius 3 is 2.94 bits per heavy atom. The molecular formula is C10H8BrClN4. The molecule has 1 aromatic carbocycles. The molecule has 4 nitrogen and oxygen atoms in total. The summed E-state index contributed by atoms with van der Waals surface area (Å²) in [6, 6.07) is 5.65. The van der Waals surface area contributed by atoms with E-state index in [2.05, 4.69) is 31.5 Å². The monoisotopic (exact) mass is 298 g/mol. The molecule has 0 amide bonds. The predicted molar refractivity (Wildman–Crippen MR) is 63.8 cm³/mol. The molecule has 6 heteroatoms. The first-order valence-corrected chi connectivity index (χ1v) is 6.16. The number of rotatable bonds is 2. The molecule has 82 valence electrons. The highest BCUT2D eigenvalue weighted by Gasteiger charge is 2.30. The summed E-state index contributed by atoms with van der Waals surface area (Å²) in [5.41, 5.74) is 0.822. The van der Waals surface area contributed by atoms with Gasteiger partial charge in [0.25, 0.3) is 0 Å². The predicted octanol–water partition coefficient (Wildman–Crippen LogP) is 2.96. The Balaban J connectivity index is 2.13. The van der Waals surface area contributed by atoms with E-state index < -0.39 is 0 Å². The number of halogens is 2. The van der Waals surface area contributed by atoms with Crippen LogP contribution in [-0.4, -0.2) is 20.2 Å². The summed E-state index contributed by atoms with van der Waals surface area (Å²) in [6.45, 7) is 0. The van der Waals surface area contributed by atoms with E-state index >= 15 is 0 Å². The Hall–Kier alpha value is -0.940. The molecule has 0 N–H and O–H groups in total. The van der Waals surface area contributed by atoms with E-state index in [0.29, 0.717) is 10.9 Å². The Labute approximate surface area is 106 Å². The van der Waals surface area contributed by atoms with Gasteiger partial charge in [-0.05, 0) is 41.5 Å². The van der Waals surface area contributed by atoms with E-state index in [9.17, 15) is 0 Å². The molecule has 1 heterocycles. The van der Waals surface area contributed by atoms with Crippen molar-refractivity contribution in [2.45, 2.75) is 18.8 Å². The molecule has 2 aromatic rings. The Kier molecular flexibility index (Phi) is 2.44. The molecule has 1 fully saturated rings. The van der Waals surface area contributed by atoms with E-state index in [1.807, 2.05) is 18.2 Å². The molecule has 1 saturated carbocycles. The molecule has 0 spiro atoms. The maximum Gasteiger partial charge on any atom is 0.159 e. The third-order valence-electron chi connectivity index (χ3n) is 2.57. The zero-order valence-electron chi connectivity index (χ0n) is 8.27. The Bertz CT molecular complexity index is 535. The van der Waals surface area contributed by atoms with Crippen LogP contribution in [0.5, 0.6) is 0 Å². The smallest absolute Gasteiger partial charge is 0.159 e. The van der Waals surface area contributed by atoms with Crippen molar-refractivity contribution in [3.05, 3.63) is 33.5 Å². The molecule has 16 heavy (non-hydrogen) atoms. The minimum Gasteiger partial charge on any atom is -0.196 e. The van der Waals surface area contributed by atoms with Gasteiger partial charge in [0.05, 0.1) is 10.7 Å². The van der Waals surface area contributed by atoms with Crippen molar-refractivity contribution in [1.29, 1.82) is 0 Å². The van der Waals surface area contributed by atoms with Crippen molar-refractivity contribution in [3.8, 4) is 5.69 Å². The van der Waals surface area contributed by atoms with Crippen molar-refractivity contribution in [1.82, 2.24) is 20.2 Å². The standard InChI is InChI=1S/C10H8BrClN4/c11-7-3-4-8(12)9(5-7)16-10(6-1-2-6)13-14-15-16/h3-6H,1-2H2. The number of hydrogen-bond acceptors (Lipinski definition) is 3. The maximum absolute atomic E-state index is 6.15. The summed E-state index contributed by atoms with van der Waals surface area (Å²) in [5.74, 6) is 1.39. The van der Waals surface area contributed by atoms with Crippen LogP contribution in [-0.2, 0) is 0 Å². The second-order valence-electron chi connectivity index (χ2n) is 3.82. The van der Waals surface area contributed by atoms with Gasteiger partial charge in [-0.1, -0.05) is 27.5 Å². The minimum atomic E-state index is 0.491. The van der Waals surface area contributed by atoms with Crippen LogP contribution in [0.1, 0.15) is 24.6 Å². The number of nitrogens with zero attached hydrogens (tertiary/aromatic N) is 4. The summed E-state index contributed by atoms with van der Waals surface area (Å²) < 4.78 is 2.69. The molecule has 1 aromatic heterocycles. The van der Waals surface area contributed by atoms with Crippen molar-refractivity contribution in [2.24, 2.45) is 0 Å². The molecule has 1 aliphatic rings. The van der Waals surface area contributed by atoms with Gasteiger partial charge in [-0.15, -0.1) is 5.10 Å². The molecule has 1 aliphatic carbocycles. The van der Waals surface area contributed by atoms with Gasteiger partial charge < -0.3 is 0 Å². The second kappa shape index (κ2) is 3.82. The molecule has 0 bridgehead atoms. The highest BCUT2D eigenvalue weighted by molar-refractivity contribution is 9.10. The second-order valence-corrected chi connectivity index (χ2v) is 5.14. The average molecular weight is 300 g/mol. The van der Waals surface area contributed by atoms with E-state index in [1.54, 1.807) is 4.68 Å². The summed E-state index contributed by atoms with van der Waals surface area (Å²) in [5, 5.41) is 12.4. The number of benzene rings is 1. The SMILES string of the molecule is Clc1ccc(Br)cc1-n1nnnc1C1CC1. The van der Waals surface area contributed by atoms with Crippen molar-refractivity contribution in [2.75, 3.05) is 0 Å². The van der Waals surface area contributed by atoms with Crippen molar-refractivity contribution in [3.63, 3.8) is 0 Å². The first-order chi connectivity index (χ1) is 7.75. The Morgan fingerprint density at radius 1 is 1.38 bits per heavy atom. The van der Waals surface area contributed by atoms with E-state index in [0.717, 1.165) is 28.8 Å². The van der Waals surface area contributed by atoms with Crippen LogP contribution < -0.4 is 0 Å². The van der Waals surface area contributed by atoms with Gasteiger partial charge in [-0.2, -0.15) is 4.68 Å². The highest BCUT2D eigenvalue weighted by atomic mass is 79.9. The molecule has 0 aliphatic heterocycles. The number of hydrogen-bond donors (Lipinski definition) is 0. The van der Waals surface area contributed by atoms with Gasteiger partial charge in [0.2, 0.25) is 0 Å². The van der Waals surface area contributed by atoms with Crippen LogP contribution in [0.25, 0.3) is 5.69 Å². The zero-order chi connectivity index (χ0) is 11.1. The lowest BCUT2D eigenvalue weighted by Crippen LogP contribution is -2.02. The summed E-state index contributed by atoms with van der Waals surface area (Å²) in [4.78, 5) is 0. The van der Waals surface area contributed by atoms with Crippen LogP contribution in [0.15, 0.2) is 22.7 Å². The zero-order valence-corrected chi connectivity index (χ0v) is 10.6. The fraction of sp³-hybridized carbons (Fsp3) is 0.300. The fourth-order valence-corrected chi connectivity index (χ4v) is 2.16. The lowest BCUT2D eigenvalue weighted by atomic mass is 10.3. The molecule has 0 saturated heterocycles. The quantitative estimate of drug-likeness (QED) is 0.856. The largest absolute Gasteiger partial charge is 0.196 e. The molecule has 3 rings (SSSR count). The van der Waals surface area contributed by atoms with Crippen LogP contribution in [0, 0.1) is 0 Å².